The number of benzene rings is 1. The van der Waals surface area contributed by atoms with Crippen LogP contribution in [0.5, 0.6) is 0 Å². The van der Waals surface area contributed by atoms with Gasteiger partial charge in [0.25, 0.3) is 5.91 Å². The quantitative estimate of drug-likeness (QED) is 0.308. The summed E-state index contributed by atoms with van der Waals surface area (Å²) in [5.74, 6) is -10.6. The summed E-state index contributed by atoms with van der Waals surface area (Å²) in [6.07, 6.45) is 0.330. The maximum Gasteiger partial charge on any atom is 0.274 e. The Bertz CT molecular complexity index is 785. The SMILES string of the molecule is Cc1cc(C(=O)NN=Cc2c(F)c(F)c(F)c(F)c2F)c(C)o1. The fraction of sp³-hybridized carbons (Fsp3) is 0.143. The van der Waals surface area contributed by atoms with Crippen molar-refractivity contribution in [3.8, 4) is 0 Å². The molecule has 0 atom stereocenters. The molecule has 0 saturated carbocycles. The number of amides is 1. The third-order valence-electron chi connectivity index (χ3n) is 2.89. The van der Waals surface area contributed by atoms with Crippen molar-refractivity contribution in [2.75, 3.05) is 0 Å². The molecule has 122 valence electrons. The van der Waals surface area contributed by atoms with Crippen LogP contribution in [0, 0.1) is 42.9 Å². The lowest BCUT2D eigenvalue weighted by molar-refractivity contribution is 0.0953. The molecule has 9 heteroatoms. The number of furan rings is 1. The van der Waals surface area contributed by atoms with E-state index >= 15 is 0 Å². The maximum atomic E-state index is 13.4. The molecule has 23 heavy (non-hydrogen) atoms. The van der Waals surface area contributed by atoms with Crippen LogP contribution in [0.4, 0.5) is 22.0 Å². The summed E-state index contributed by atoms with van der Waals surface area (Å²) in [6.45, 7) is 3.11. The summed E-state index contributed by atoms with van der Waals surface area (Å²) in [7, 11) is 0. The molecular weight excluding hydrogens is 323 g/mol. The first-order valence-electron chi connectivity index (χ1n) is 6.16. The van der Waals surface area contributed by atoms with E-state index in [-0.39, 0.29) is 11.3 Å². The highest BCUT2D eigenvalue weighted by Gasteiger charge is 2.24. The first-order valence-corrected chi connectivity index (χ1v) is 6.16. The van der Waals surface area contributed by atoms with Gasteiger partial charge in [-0.1, -0.05) is 0 Å². The molecule has 0 fully saturated rings. The van der Waals surface area contributed by atoms with Gasteiger partial charge in [-0.3, -0.25) is 4.79 Å². The van der Waals surface area contributed by atoms with Crippen LogP contribution in [0.3, 0.4) is 0 Å². The van der Waals surface area contributed by atoms with Gasteiger partial charge in [-0.2, -0.15) is 5.10 Å². The van der Waals surface area contributed by atoms with Crippen molar-refractivity contribution in [2.45, 2.75) is 13.8 Å². The molecular formula is C14H9F5N2O2. The minimum Gasteiger partial charge on any atom is -0.466 e. The largest absolute Gasteiger partial charge is 0.466 e. The molecule has 2 aromatic rings. The number of carbonyl (C=O) groups excluding carboxylic acids is 1. The van der Waals surface area contributed by atoms with Crippen molar-refractivity contribution >= 4 is 12.1 Å². The summed E-state index contributed by atoms with van der Waals surface area (Å²) in [4.78, 5) is 11.7. The second kappa shape index (κ2) is 6.19. The van der Waals surface area contributed by atoms with Crippen LogP contribution >= 0.6 is 0 Å². The molecule has 1 aromatic heterocycles. The van der Waals surface area contributed by atoms with Gasteiger partial charge in [-0.15, -0.1) is 0 Å². The zero-order valence-electron chi connectivity index (χ0n) is 11.8. The smallest absolute Gasteiger partial charge is 0.274 e. The number of nitrogens with one attached hydrogen (secondary N) is 1. The second-order valence-corrected chi connectivity index (χ2v) is 4.51. The minimum absolute atomic E-state index is 0.122. The topological polar surface area (TPSA) is 54.6 Å². The van der Waals surface area contributed by atoms with Crippen molar-refractivity contribution in [3.63, 3.8) is 0 Å². The van der Waals surface area contributed by atoms with Gasteiger partial charge in [-0.05, 0) is 19.9 Å². The molecule has 1 aromatic carbocycles. The number of carbonyl (C=O) groups is 1. The van der Waals surface area contributed by atoms with E-state index in [0.717, 1.165) is 0 Å². The zero-order valence-corrected chi connectivity index (χ0v) is 11.8. The molecule has 0 aliphatic rings. The molecule has 1 amide bonds. The van der Waals surface area contributed by atoms with E-state index < -0.39 is 40.6 Å². The van der Waals surface area contributed by atoms with Gasteiger partial charge in [-0.25, -0.2) is 27.4 Å². The lowest BCUT2D eigenvalue weighted by Crippen LogP contribution is -2.18. The van der Waals surface area contributed by atoms with E-state index in [4.69, 9.17) is 4.42 Å². The van der Waals surface area contributed by atoms with Gasteiger partial charge in [0.15, 0.2) is 23.3 Å². The second-order valence-electron chi connectivity index (χ2n) is 4.51. The van der Waals surface area contributed by atoms with Gasteiger partial charge in [0.2, 0.25) is 5.82 Å². The van der Waals surface area contributed by atoms with Gasteiger partial charge in [0, 0.05) is 0 Å². The predicted octanol–water partition coefficient (Wildman–Crippen LogP) is 3.36. The number of hydrazone groups is 1. The molecule has 0 saturated heterocycles. The number of halogens is 5. The Balaban J connectivity index is 2.25. The predicted molar refractivity (Wildman–Crippen MR) is 69.5 cm³/mol. The van der Waals surface area contributed by atoms with Crippen LogP contribution in [-0.2, 0) is 0 Å². The molecule has 0 aliphatic heterocycles. The number of nitrogens with zero attached hydrogens (tertiary/aromatic N) is 1. The van der Waals surface area contributed by atoms with Crippen molar-refractivity contribution in [3.05, 3.63) is 57.8 Å². The molecule has 1 heterocycles. The van der Waals surface area contributed by atoms with Gasteiger partial charge in [0.05, 0.1) is 17.3 Å². The highest BCUT2D eigenvalue weighted by molar-refractivity contribution is 5.95. The van der Waals surface area contributed by atoms with Crippen LogP contribution in [-0.4, -0.2) is 12.1 Å². The van der Waals surface area contributed by atoms with E-state index in [1.165, 1.54) is 13.0 Å². The van der Waals surface area contributed by atoms with Gasteiger partial charge in [0.1, 0.15) is 11.5 Å². The third kappa shape index (κ3) is 3.08. The summed E-state index contributed by atoms with van der Waals surface area (Å²) in [5, 5.41) is 3.20. The average Bonchev–Trinajstić information content (AvgIpc) is 2.85. The first-order chi connectivity index (χ1) is 10.7. The van der Waals surface area contributed by atoms with Gasteiger partial charge >= 0.3 is 0 Å². The fourth-order valence-electron chi connectivity index (χ4n) is 1.81. The highest BCUT2D eigenvalue weighted by Crippen LogP contribution is 2.21. The van der Waals surface area contributed by atoms with Crippen LogP contribution < -0.4 is 5.43 Å². The van der Waals surface area contributed by atoms with Crippen molar-refractivity contribution in [1.82, 2.24) is 5.43 Å². The van der Waals surface area contributed by atoms with E-state index in [1.54, 1.807) is 6.92 Å². The van der Waals surface area contributed by atoms with Crippen LogP contribution in [0.1, 0.15) is 27.4 Å². The monoisotopic (exact) mass is 332 g/mol. The summed E-state index contributed by atoms with van der Waals surface area (Å²) >= 11 is 0. The van der Waals surface area contributed by atoms with Crippen molar-refractivity contribution in [2.24, 2.45) is 5.10 Å². The minimum atomic E-state index is -2.27. The molecule has 2 rings (SSSR count). The normalized spacial score (nSPS) is 11.3. The Morgan fingerprint density at radius 1 is 1.04 bits per heavy atom. The lowest BCUT2D eigenvalue weighted by Gasteiger charge is -2.04. The number of hydrogen-bond acceptors (Lipinski definition) is 3. The van der Waals surface area contributed by atoms with Crippen molar-refractivity contribution in [1.29, 1.82) is 0 Å². The van der Waals surface area contributed by atoms with Gasteiger partial charge < -0.3 is 4.42 Å². The Morgan fingerprint density at radius 3 is 2.04 bits per heavy atom. The number of rotatable bonds is 3. The van der Waals surface area contributed by atoms with E-state index in [9.17, 15) is 26.7 Å². The molecule has 0 unspecified atom stereocenters. The van der Waals surface area contributed by atoms with Crippen molar-refractivity contribution < 1.29 is 31.2 Å². The van der Waals surface area contributed by atoms with E-state index in [1.807, 2.05) is 5.43 Å². The molecule has 0 bridgehead atoms. The first kappa shape index (κ1) is 16.7. The van der Waals surface area contributed by atoms with Crippen LogP contribution in [0.25, 0.3) is 0 Å². The zero-order chi connectivity index (χ0) is 17.3. The molecule has 0 spiro atoms. The summed E-state index contributed by atoms with van der Waals surface area (Å²) < 4.78 is 70.7. The van der Waals surface area contributed by atoms with Crippen LogP contribution in [0.2, 0.25) is 0 Å². The number of aryl methyl sites for hydroxylation is 2. The fourth-order valence-corrected chi connectivity index (χ4v) is 1.81. The molecule has 1 N–H and O–H groups in total. The summed E-state index contributed by atoms with van der Waals surface area (Å²) in [5.41, 5.74) is 0.768. The molecule has 0 radical (unpaired) electrons. The lowest BCUT2D eigenvalue weighted by atomic mass is 10.2. The van der Waals surface area contributed by atoms with Crippen LogP contribution in [0.15, 0.2) is 15.6 Å². The Kier molecular flexibility index (Phi) is 4.48. The average molecular weight is 332 g/mol. The Morgan fingerprint density at radius 2 is 1.57 bits per heavy atom. The Labute approximate surface area is 126 Å². The summed E-state index contributed by atoms with van der Waals surface area (Å²) in [6, 6.07) is 1.40. The number of hydrogen-bond donors (Lipinski definition) is 1. The highest BCUT2D eigenvalue weighted by atomic mass is 19.2. The van der Waals surface area contributed by atoms with E-state index in [2.05, 4.69) is 5.10 Å². The molecule has 4 nitrogen and oxygen atoms in total. The standard InChI is InChI=1S/C14H9F5N2O2/c1-5-3-7(6(2)23-5)14(22)21-20-4-8-9(15)11(17)13(19)12(18)10(8)16/h3-4H,1-2H3,(H,21,22). The maximum absolute atomic E-state index is 13.4. The molecule has 0 aliphatic carbocycles. The third-order valence-corrected chi connectivity index (χ3v) is 2.89. The Hall–Kier alpha value is -2.71. The van der Waals surface area contributed by atoms with E-state index in [0.29, 0.717) is 12.0 Å².